The lowest BCUT2D eigenvalue weighted by Crippen LogP contribution is -2.35. The van der Waals surface area contributed by atoms with Gasteiger partial charge in [0.2, 0.25) is 11.7 Å². The summed E-state index contributed by atoms with van der Waals surface area (Å²) in [4.78, 5) is 20.8. The third-order valence-electron chi connectivity index (χ3n) is 3.62. The van der Waals surface area contributed by atoms with E-state index in [9.17, 15) is 4.79 Å². The second-order valence-corrected chi connectivity index (χ2v) is 5.53. The molecule has 1 aliphatic rings. The molecule has 1 saturated carbocycles. The highest BCUT2D eigenvalue weighted by atomic mass is 32.1. The van der Waals surface area contributed by atoms with Gasteiger partial charge in [-0.05, 0) is 19.8 Å². The van der Waals surface area contributed by atoms with Crippen LogP contribution in [0.3, 0.4) is 0 Å². The highest BCUT2D eigenvalue weighted by molar-refractivity contribution is 7.07. The zero-order valence-corrected chi connectivity index (χ0v) is 12.0. The van der Waals surface area contributed by atoms with Gasteiger partial charge in [-0.1, -0.05) is 18.0 Å². The summed E-state index contributed by atoms with van der Waals surface area (Å²) in [6.45, 7) is 2.16. The van der Waals surface area contributed by atoms with E-state index in [1.807, 2.05) is 5.38 Å². The number of carbonyl (C=O) groups is 1. The number of aromatic nitrogens is 3. The van der Waals surface area contributed by atoms with Crippen molar-refractivity contribution in [3.8, 4) is 11.5 Å². The van der Waals surface area contributed by atoms with Gasteiger partial charge in [-0.25, -0.2) is 4.98 Å². The molecule has 0 unspecified atom stereocenters. The molecule has 3 rings (SSSR count). The number of thiazole rings is 1. The summed E-state index contributed by atoms with van der Waals surface area (Å²) < 4.78 is 10.5. The van der Waals surface area contributed by atoms with E-state index < -0.39 is 5.41 Å². The average molecular weight is 293 g/mol. The van der Waals surface area contributed by atoms with Gasteiger partial charge in [0, 0.05) is 5.38 Å². The Balaban J connectivity index is 1.94. The first-order chi connectivity index (χ1) is 9.76. The van der Waals surface area contributed by atoms with E-state index in [1.165, 1.54) is 11.3 Å². The quantitative estimate of drug-likeness (QED) is 0.806. The van der Waals surface area contributed by atoms with Crippen LogP contribution >= 0.6 is 11.3 Å². The number of carbonyl (C=O) groups excluding carboxylic acids is 1. The van der Waals surface area contributed by atoms with E-state index >= 15 is 0 Å². The molecule has 0 atom stereocenters. The molecule has 0 radical (unpaired) electrons. The van der Waals surface area contributed by atoms with Crippen LogP contribution in [0, 0.1) is 0 Å². The van der Waals surface area contributed by atoms with Gasteiger partial charge in [0.1, 0.15) is 11.1 Å². The first-order valence-electron chi connectivity index (χ1n) is 6.66. The number of hydrogen-bond donors (Lipinski definition) is 0. The minimum absolute atomic E-state index is 0.258. The molecule has 0 saturated heterocycles. The molecule has 6 nitrogen and oxygen atoms in total. The van der Waals surface area contributed by atoms with Gasteiger partial charge >= 0.3 is 5.97 Å². The molecule has 1 fully saturated rings. The monoisotopic (exact) mass is 293 g/mol. The van der Waals surface area contributed by atoms with Crippen LogP contribution in [0.4, 0.5) is 0 Å². The maximum absolute atomic E-state index is 12.3. The van der Waals surface area contributed by atoms with E-state index in [4.69, 9.17) is 9.26 Å². The molecule has 2 heterocycles. The van der Waals surface area contributed by atoms with Crippen LogP contribution in [0.2, 0.25) is 0 Å². The second-order valence-electron chi connectivity index (χ2n) is 4.81. The smallest absolute Gasteiger partial charge is 0.321 e. The van der Waals surface area contributed by atoms with Gasteiger partial charge in [-0.15, -0.1) is 11.3 Å². The lowest BCUT2D eigenvalue weighted by Gasteiger charge is -2.21. The Bertz CT molecular complexity index is 588. The SMILES string of the molecule is CCOC(=O)C1(c2nc(-c3cscn3)no2)CCCC1. The predicted octanol–water partition coefficient (Wildman–Crippen LogP) is 2.57. The molecule has 106 valence electrons. The van der Waals surface area contributed by atoms with Gasteiger partial charge < -0.3 is 9.26 Å². The van der Waals surface area contributed by atoms with Crippen LogP contribution in [0.15, 0.2) is 15.4 Å². The van der Waals surface area contributed by atoms with Crippen molar-refractivity contribution in [2.24, 2.45) is 0 Å². The molecular weight excluding hydrogens is 278 g/mol. The lowest BCUT2D eigenvalue weighted by atomic mass is 9.86. The van der Waals surface area contributed by atoms with Gasteiger partial charge in [-0.2, -0.15) is 4.98 Å². The van der Waals surface area contributed by atoms with Crippen LogP contribution in [0.1, 0.15) is 38.5 Å². The lowest BCUT2D eigenvalue weighted by molar-refractivity contribution is -0.151. The van der Waals surface area contributed by atoms with Crippen molar-refractivity contribution in [1.29, 1.82) is 0 Å². The Morgan fingerprint density at radius 2 is 2.30 bits per heavy atom. The van der Waals surface area contributed by atoms with E-state index in [0.717, 1.165) is 12.8 Å². The second kappa shape index (κ2) is 5.32. The topological polar surface area (TPSA) is 78.1 Å². The normalized spacial score (nSPS) is 17.2. The molecule has 0 bridgehead atoms. The Morgan fingerprint density at radius 1 is 1.50 bits per heavy atom. The largest absolute Gasteiger partial charge is 0.465 e. The van der Waals surface area contributed by atoms with E-state index in [-0.39, 0.29) is 5.97 Å². The van der Waals surface area contributed by atoms with Crippen molar-refractivity contribution in [2.45, 2.75) is 38.0 Å². The molecule has 0 spiro atoms. The van der Waals surface area contributed by atoms with Crippen molar-refractivity contribution in [2.75, 3.05) is 6.61 Å². The van der Waals surface area contributed by atoms with Crippen LogP contribution < -0.4 is 0 Å². The summed E-state index contributed by atoms with van der Waals surface area (Å²) in [6.07, 6.45) is 3.33. The Kier molecular flexibility index (Phi) is 3.52. The molecule has 7 heteroatoms. The molecular formula is C13H15N3O3S. The summed E-state index contributed by atoms with van der Waals surface area (Å²) in [5.74, 6) is 0.527. The molecule has 20 heavy (non-hydrogen) atoms. The third-order valence-corrected chi connectivity index (χ3v) is 4.21. The molecule has 1 aliphatic carbocycles. The summed E-state index contributed by atoms with van der Waals surface area (Å²) in [5, 5.41) is 5.79. The summed E-state index contributed by atoms with van der Waals surface area (Å²) in [6, 6.07) is 0. The number of hydrogen-bond acceptors (Lipinski definition) is 7. The fourth-order valence-electron chi connectivity index (χ4n) is 2.60. The molecule has 0 amide bonds. The number of rotatable bonds is 4. The van der Waals surface area contributed by atoms with Crippen molar-refractivity contribution >= 4 is 17.3 Å². The summed E-state index contributed by atoms with van der Waals surface area (Å²) >= 11 is 1.47. The highest BCUT2D eigenvalue weighted by Gasteiger charge is 2.49. The Labute approximate surface area is 120 Å². The molecule has 0 N–H and O–H groups in total. The van der Waals surface area contributed by atoms with E-state index in [0.29, 0.717) is 36.9 Å². The van der Waals surface area contributed by atoms with Gasteiger partial charge in [0.25, 0.3) is 0 Å². The molecule has 0 aromatic carbocycles. The van der Waals surface area contributed by atoms with Crippen LogP contribution in [-0.4, -0.2) is 27.7 Å². The first kappa shape index (κ1) is 13.2. The maximum Gasteiger partial charge on any atom is 0.321 e. The van der Waals surface area contributed by atoms with Crippen molar-refractivity contribution in [1.82, 2.24) is 15.1 Å². The van der Waals surface area contributed by atoms with Crippen molar-refractivity contribution in [3.63, 3.8) is 0 Å². The summed E-state index contributed by atoms with van der Waals surface area (Å²) in [7, 11) is 0. The molecule has 2 aromatic rings. The average Bonchev–Trinajstić information content (AvgIpc) is 3.19. The van der Waals surface area contributed by atoms with Gasteiger partial charge in [0.05, 0.1) is 12.1 Å². The molecule has 0 aliphatic heterocycles. The maximum atomic E-state index is 12.3. The fourth-order valence-corrected chi connectivity index (χ4v) is 3.13. The number of nitrogens with zero attached hydrogens (tertiary/aromatic N) is 3. The highest BCUT2D eigenvalue weighted by Crippen LogP contribution is 2.41. The Hall–Kier alpha value is -1.76. The van der Waals surface area contributed by atoms with Gasteiger partial charge in [0.15, 0.2) is 0 Å². The van der Waals surface area contributed by atoms with Crippen molar-refractivity contribution in [3.05, 3.63) is 16.8 Å². The van der Waals surface area contributed by atoms with E-state index in [1.54, 1.807) is 12.4 Å². The fraction of sp³-hybridized carbons (Fsp3) is 0.538. The number of ether oxygens (including phenoxy) is 1. The zero-order valence-electron chi connectivity index (χ0n) is 11.2. The summed E-state index contributed by atoms with van der Waals surface area (Å²) in [5.41, 5.74) is 1.61. The zero-order chi connectivity index (χ0) is 14.0. The van der Waals surface area contributed by atoms with Crippen LogP contribution in [-0.2, 0) is 14.9 Å². The van der Waals surface area contributed by atoms with Crippen molar-refractivity contribution < 1.29 is 14.1 Å². The predicted molar refractivity (Wildman–Crippen MR) is 72.2 cm³/mol. The minimum Gasteiger partial charge on any atom is -0.465 e. The first-order valence-corrected chi connectivity index (χ1v) is 7.60. The Morgan fingerprint density at radius 3 is 2.95 bits per heavy atom. The standard InChI is InChI=1S/C13H15N3O3S/c1-2-18-12(17)13(5-3-4-6-13)11-15-10(16-19-11)9-7-20-8-14-9/h7-8H,2-6H2,1H3. The van der Waals surface area contributed by atoms with Crippen LogP contribution in [0.25, 0.3) is 11.5 Å². The third kappa shape index (κ3) is 2.11. The van der Waals surface area contributed by atoms with Gasteiger partial charge in [-0.3, -0.25) is 4.79 Å². The minimum atomic E-state index is -0.767. The number of esters is 1. The van der Waals surface area contributed by atoms with E-state index in [2.05, 4.69) is 15.1 Å². The van der Waals surface area contributed by atoms with Crippen LogP contribution in [0.5, 0.6) is 0 Å². The molecule has 2 aromatic heterocycles.